The molecule has 2 nitrogen and oxygen atoms in total. The number of thiophene rings is 1. The summed E-state index contributed by atoms with van der Waals surface area (Å²) in [5.74, 6) is 0. The van der Waals surface area contributed by atoms with Crippen molar-refractivity contribution in [3.63, 3.8) is 0 Å². The Bertz CT molecular complexity index is 828. The number of hydrogen-bond acceptors (Lipinski definition) is 3. The number of allylic oxidation sites excluding steroid dienone is 3. The third-order valence-electron chi connectivity index (χ3n) is 3.10. The first kappa shape index (κ1) is 14.4. The quantitative estimate of drug-likeness (QED) is 0.528. The first-order valence-electron chi connectivity index (χ1n) is 6.52. The van der Waals surface area contributed by atoms with Crippen LogP contribution in [0.3, 0.4) is 0 Å². The van der Waals surface area contributed by atoms with Crippen LogP contribution in [0, 0.1) is 0 Å². The molecule has 0 saturated carbocycles. The van der Waals surface area contributed by atoms with E-state index in [1.165, 1.54) is 33.7 Å². The SMILES string of the molecule is C=C/C=C\[C](=[W])c1cc(Cc2noc3ccccc23)cs1. The van der Waals surface area contributed by atoms with Crippen molar-refractivity contribution in [3.05, 3.63) is 76.7 Å². The predicted octanol–water partition coefficient (Wildman–Crippen LogP) is 4.29. The molecule has 0 fully saturated rings. The molecule has 0 aliphatic heterocycles. The molecular weight excluding hydrogens is 450 g/mol. The average molecular weight is 463 g/mol. The fourth-order valence-corrected chi connectivity index (χ4v) is 3.94. The van der Waals surface area contributed by atoms with Gasteiger partial charge in [-0.2, -0.15) is 0 Å². The van der Waals surface area contributed by atoms with Gasteiger partial charge in [-0.3, -0.25) is 0 Å². The zero-order chi connectivity index (χ0) is 14.7. The Kier molecular flexibility index (Phi) is 4.42. The molecule has 21 heavy (non-hydrogen) atoms. The summed E-state index contributed by atoms with van der Waals surface area (Å²) in [5, 5.41) is 7.49. The number of aromatic nitrogens is 1. The van der Waals surface area contributed by atoms with Gasteiger partial charge in [0.2, 0.25) is 0 Å². The van der Waals surface area contributed by atoms with Crippen LogP contribution in [0.5, 0.6) is 0 Å². The van der Waals surface area contributed by atoms with E-state index < -0.39 is 0 Å². The van der Waals surface area contributed by atoms with Crippen LogP contribution in [-0.2, 0) is 25.8 Å². The van der Waals surface area contributed by atoms with Gasteiger partial charge in [-0.15, -0.1) is 0 Å². The maximum absolute atomic E-state index is 5.36. The first-order chi connectivity index (χ1) is 10.3. The van der Waals surface area contributed by atoms with Gasteiger partial charge in [0.1, 0.15) is 0 Å². The summed E-state index contributed by atoms with van der Waals surface area (Å²) in [6, 6.07) is 10.2. The fraction of sp³-hybridized carbons (Fsp3) is 0.0588. The van der Waals surface area contributed by atoms with Crippen molar-refractivity contribution in [1.82, 2.24) is 5.16 Å². The zero-order valence-corrected chi connectivity index (χ0v) is 15.0. The van der Waals surface area contributed by atoms with Crippen LogP contribution < -0.4 is 0 Å². The first-order valence-corrected chi connectivity index (χ1v) is 8.86. The molecule has 0 aliphatic rings. The Morgan fingerprint density at radius 2 is 2.24 bits per heavy atom. The van der Waals surface area contributed by atoms with Crippen LogP contribution in [0.4, 0.5) is 0 Å². The van der Waals surface area contributed by atoms with Gasteiger partial charge in [0.15, 0.2) is 0 Å². The molecule has 0 bridgehead atoms. The molecule has 0 atom stereocenters. The third-order valence-corrected chi connectivity index (χ3v) is 5.91. The molecule has 0 aliphatic carbocycles. The molecule has 0 spiro atoms. The van der Waals surface area contributed by atoms with Gasteiger partial charge in [0.05, 0.1) is 0 Å². The standard InChI is InChI=1S/C17H13NOS.W/c1-2-3-4-7-14-10-13(12-20-14)11-16-15-8-5-6-9-17(15)19-18-16;/h2-6,8-10,12H,1,11H2;/b4-3-;. The van der Waals surface area contributed by atoms with Gasteiger partial charge in [0, 0.05) is 0 Å². The second-order valence-electron chi connectivity index (χ2n) is 4.58. The van der Waals surface area contributed by atoms with Crippen molar-refractivity contribution in [2.75, 3.05) is 0 Å². The molecule has 3 aromatic rings. The van der Waals surface area contributed by atoms with E-state index in [4.69, 9.17) is 4.52 Å². The van der Waals surface area contributed by atoms with Gasteiger partial charge in [-0.1, -0.05) is 0 Å². The number of para-hydroxylation sites is 1. The van der Waals surface area contributed by atoms with E-state index in [9.17, 15) is 0 Å². The molecule has 3 rings (SSSR count). The number of nitrogens with zero attached hydrogens (tertiary/aromatic N) is 1. The molecular formula is C17H13NOSW. The van der Waals surface area contributed by atoms with E-state index in [-0.39, 0.29) is 0 Å². The van der Waals surface area contributed by atoms with E-state index in [2.05, 4.69) is 35.3 Å². The van der Waals surface area contributed by atoms with Crippen molar-refractivity contribution in [2.45, 2.75) is 6.42 Å². The molecule has 1 aromatic carbocycles. The molecule has 104 valence electrons. The third kappa shape index (κ3) is 3.20. The van der Waals surface area contributed by atoms with Crippen LogP contribution in [0.2, 0.25) is 0 Å². The molecule has 2 aromatic heterocycles. The monoisotopic (exact) mass is 463 g/mol. The number of fused-ring (bicyclic) bond motifs is 1. The van der Waals surface area contributed by atoms with E-state index in [1.54, 1.807) is 17.4 Å². The van der Waals surface area contributed by atoms with Crippen molar-refractivity contribution >= 4 is 26.2 Å². The number of rotatable bonds is 5. The van der Waals surface area contributed by atoms with E-state index >= 15 is 0 Å². The fourth-order valence-electron chi connectivity index (χ4n) is 2.09. The Morgan fingerprint density at radius 1 is 1.38 bits per heavy atom. The number of hydrogen-bond donors (Lipinski definition) is 0. The van der Waals surface area contributed by atoms with E-state index in [0.29, 0.717) is 0 Å². The molecule has 0 unspecified atom stereocenters. The summed E-state index contributed by atoms with van der Waals surface area (Å²) in [6.07, 6.45) is 6.70. The summed E-state index contributed by atoms with van der Waals surface area (Å²) < 4.78 is 6.69. The van der Waals surface area contributed by atoms with Crippen molar-refractivity contribution < 1.29 is 23.9 Å². The van der Waals surface area contributed by atoms with Crippen LogP contribution in [0.15, 0.2) is 65.0 Å². The Labute approximate surface area is 138 Å². The van der Waals surface area contributed by atoms with Gasteiger partial charge in [0.25, 0.3) is 0 Å². The van der Waals surface area contributed by atoms with Crippen molar-refractivity contribution in [1.29, 1.82) is 0 Å². The summed E-state index contributed by atoms with van der Waals surface area (Å²) in [4.78, 5) is 1.31. The van der Waals surface area contributed by atoms with Gasteiger partial charge >= 0.3 is 138 Å². The summed E-state index contributed by atoms with van der Waals surface area (Å²) in [5.41, 5.74) is 3.13. The average Bonchev–Trinajstić information content (AvgIpc) is 3.13. The molecule has 0 saturated heterocycles. The summed E-state index contributed by atoms with van der Waals surface area (Å²) in [6.45, 7) is 3.70. The Hall–Kier alpha value is -1.57. The van der Waals surface area contributed by atoms with Crippen molar-refractivity contribution in [3.8, 4) is 0 Å². The minimum atomic E-state index is 0.807. The Balaban J connectivity index is 1.83. The number of benzene rings is 1. The van der Waals surface area contributed by atoms with Gasteiger partial charge < -0.3 is 0 Å². The second-order valence-corrected chi connectivity index (χ2v) is 7.07. The van der Waals surface area contributed by atoms with E-state index in [0.717, 1.165) is 23.1 Å². The van der Waals surface area contributed by atoms with E-state index in [1.807, 2.05) is 24.3 Å². The zero-order valence-electron chi connectivity index (χ0n) is 11.3. The van der Waals surface area contributed by atoms with Gasteiger partial charge in [-0.05, 0) is 0 Å². The summed E-state index contributed by atoms with van der Waals surface area (Å²) in [7, 11) is 0. The second kappa shape index (κ2) is 6.46. The van der Waals surface area contributed by atoms with Crippen LogP contribution in [0.1, 0.15) is 16.1 Å². The van der Waals surface area contributed by atoms with Crippen LogP contribution in [0.25, 0.3) is 11.0 Å². The minimum absolute atomic E-state index is 0.807. The molecule has 0 amide bonds. The van der Waals surface area contributed by atoms with Crippen molar-refractivity contribution in [2.24, 2.45) is 0 Å². The molecule has 0 N–H and O–H groups in total. The molecule has 4 heteroatoms. The van der Waals surface area contributed by atoms with Gasteiger partial charge in [-0.25, -0.2) is 0 Å². The van der Waals surface area contributed by atoms with Crippen LogP contribution >= 0.6 is 11.3 Å². The topological polar surface area (TPSA) is 26.0 Å². The summed E-state index contributed by atoms with van der Waals surface area (Å²) >= 11 is 3.24. The Morgan fingerprint density at radius 3 is 3.10 bits per heavy atom. The molecule has 2 heterocycles. The maximum atomic E-state index is 5.36. The van der Waals surface area contributed by atoms with Crippen LogP contribution in [-0.4, -0.2) is 9.05 Å². The molecule has 0 radical (unpaired) electrons. The predicted molar refractivity (Wildman–Crippen MR) is 84.6 cm³/mol. The normalized spacial score (nSPS) is 11.2.